The first-order valence-electron chi connectivity index (χ1n) is 10.7. The Morgan fingerprint density at radius 2 is 2.09 bits per heavy atom. The second kappa shape index (κ2) is 9.07. The van der Waals surface area contributed by atoms with Gasteiger partial charge in [-0.15, -0.1) is 0 Å². The molecule has 2 aromatic carbocycles. The van der Waals surface area contributed by atoms with Crippen LogP contribution in [0, 0.1) is 13.8 Å². The van der Waals surface area contributed by atoms with Crippen LogP contribution in [0.4, 0.5) is 0 Å². The van der Waals surface area contributed by atoms with Crippen molar-refractivity contribution in [2.24, 2.45) is 0 Å². The Hall–Kier alpha value is -3.65. The lowest BCUT2D eigenvalue weighted by molar-refractivity contribution is 0.0950. The summed E-state index contributed by atoms with van der Waals surface area (Å²) in [5, 5.41) is 6.86. The molecule has 0 aliphatic carbocycles. The normalized spacial score (nSPS) is 14.9. The molecular weight excluding hydrogens is 438 g/mol. The van der Waals surface area contributed by atoms with Crippen molar-refractivity contribution in [1.29, 1.82) is 0 Å². The standard InChI is InChI=1S/C25H23N3O4S/c1-15-5-3-4-6-20(15)22-9-7-17-13-18(8-10-21(17)31-22)30-25-28-16(2)23(33-25)24(29)26-14-19-11-12-27-32-19/h3-6,8,10-13,22H,7,9,14H2,1-2H3,(H,26,29). The summed E-state index contributed by atoms with van der Waals surface area (Å²) in [4.78, 5) is 17.4. The number of benzene rings is 2. The van der Waals surface area contributed by atoms with Gasteiger partial charge in [-0.2, -0.15) is 0 Å². The van der Waals surface area contributed by atoms with Gasteiger partial charge in [-0.05, 0) is 61.6 Å². The van der Waals surface area contributed by atoms with Gasteiger partial charge in [-0.25, -0.2) is 4.98 Å². The summed E-state index contributed by atoms with van der Waals surface area (Å²) < 4.78 is 17.3. The molecule has 33 heavy (non-hydrogen) atoms. The molecule has 1 atom stereocenters. The van der Waals surface area contributed by atoms with Gasteiger partial charge in [0.2, 0.25) is 0 Å². The van der Waals surface area contributed by atoms with E-state index in [0.29, 0.717) is 27.3 Å². The summed E-state index contributed by atoms with van der Waals surface area (Å²) in [7, 11) is 0. The van der Waals surface area contributed by atoms with Gasteiger partial charge in [0.15, 0.2) is 5.76 Å². The monoisotopic (exact) mass is 461 g/mol. The number of nitrogens with zero attached hydrogens (tertiary/aromatic N) is 2. The highest BCUT2D eigenvalue weighted by atomic mass is 32.1. The number of aromatic nitrogens is 2. The first-order valence-corrected chi connectivity index (χ1v) is 11.6. The van der Waals surface area contributed by atoms with Crippen molar-refractivity contribution in [3.8, 4) is 16.7 Å². The molecule has 1 aliphatic heterocycles. The van der Waals surface area contributed by atoms with Crippen LogP contribution >= 0.6 is 11.3 Å². The van der Waals surface area contributed by atoms with E-state index in [1.54, 1.807) is 13.0 Å². The number of aryl methyl sites for hydroxylation is 3. The smallest absolute Gasteiger partial charge is 0.279 e. The number of rotatable bonds is 6. The molecule has 5 rings (SSSR count). The van der Waals surface area contributed by atoms with Crippen molar-refractivity contribution in [3.63, 3.8) is 0 Å². The van der Waals surface area contributed by atoms with E-state index in [4.69, 9.17) is 14.0 Å². The molecule has 0 bridgehead atoms. The lowest BCUT2D eigenvalue weighted by Gasteiger charge is -2.27. The minimum atomic E-state index is -0.225. The van der Waals surface area contributed by atoms with Gasteiger partial charge in [-0.3, -0.25) is 4.79 Å². The Balaban J connectivity index is 1.26. The Morgan fingerprint density at radius 1 is 1.21 bits per heavy atom. The van der Waals surface area contributed by atoms with E-state index < -0.39 is 0 Å². The van der Waals surface area contributed by atoms with Crippen molar-refractivity contribution in [2.75, 3.05) is 0 Å². The van der Waals surface area contributed by atoms with E-state index in [1.165, 1.54) is 28.7 Å². The van der Waals surface area contributed by atoms with Crippen molar-refractivity contribution >= 4 is 17.2 Å². The Labute approximate surface area is 195 Å². The predicted octanol–water partition coefficient (Wildman–Crippen LogP) is 5.54. The lowest BCUT2D eigenvalue weighted by atomic mass is 9.95. The highest BCUT2D eigenvalue weighted by Crippen LogP contribution is 2.39. The second-order valence-electron chi connectivity index (χ2n) is 7.93. The summed E-state index contributed by atoms with van der Waals surface area (Å²) in [6.45, 7) is 4.17. The fraction of sp³-hybridized carbons (Fsp3) is 0.240. The molecular formula is C25H23N3O4S. The van der Waals surface area contributed by atoms with Crippen LogP contribution in [0.5, 0.6) is 16.7 Å². The number of hydrogen-bond donors (Lipinski definition) is 1. The minimum absolute atomic E-state index is 0.0603. The third kappa shape index (κ3) is 4.61. The van der Waals surface area contributed by atoms with E-state index in [-0.39, 0.29) is 18.6 Å². The molecule has 1 N–H and O–H groups in total. The molecule has 3 heterocycles. The first-order chi connectivity index (χ1) is 16.1. The molecule has 0 spiro atoms. The zero-order valence-electron chi connectivity index (χ0n) is 18.3. The largest absolute Gasteiger partial charge is 0.485 e. The maximum absolute atomic E-state index is 12.5. The number of thiazole rings is 1. The van der Waals surface area contributed by atoms with Crippen molar-refractivity contribution < 1.29 is 18.8 Å². The van der Waals surface area contributed by atoms with Gasteiger partial charge >= 0.3 is 0 Å². The zero-order valence-corrected chi connectivity index (χ0v) is 19.1. The van der Waals surface area contributed by atoms with Crippen LogP contribution in [0.15, 0.2) is 59.3 Å². The summed E-state index contributed by atoms with van der Waals surface area (Å²) in [5.41, 5.74) is 4.20. The van der Waals surface area contributed by atoms with Crippen LogP contribution in [-0.4, -0.2) is 16.0 Å². The van der Waals surface area contributed by atoms with Gasteiger partial charge in [0.25, 0.3) is 11.1 Å². The molecule has 1 unspecified atom stereocenters. The van der Waals surface area contributed by atoms with E-state index in [2.05, 4.69) is 40.6 Å². The highest BCUT2D eigenvalue weighted by molar-refractivity contribution is 7.15. The molecule has 168 valence electrons. The molecule has 0 saturated heterocycles. The molecule has 0 fully saturated rings. The Bertz CT molecular complexity index is 1280. The molecule has 0 radical (unpaired) electrons. The van der Waals surface area contributed by atoms with Crippen LogP contribution in [0.2, 0.25) is 0 Å². The summed E-state index contributed by atoms with van der Waals surface area (Å²) in [6, 6.07) is 15.9. The number of fused-ring (bicyclic) bond motifs is 1. The quantitative estimate of drug-likeness (QED) is 0.406. The van der Waals surface area contributed by atoms with E-state index >= 15 is 0 Å². The number of hydrogen-bond acceptors (Lipinski definition) is 7. The molecule has 7 nitrogen and oxygen atoms in total. The zero-order chi connectivity index (χ0) is 22.8. The van der Waals surface area contributed by atoms with Gasteiger partial charge in [0, 0.05) is 6.07 Å². The van der Waals surface area contributed by atoms with Crippen LogP contribution in [0.3, 0.4) is 0 Å². The average molecular weight is 462 g/mol. The van der Waals surface area contributed by atoms with Crippen LogP contribution < -0.4 is 14.8 Å². The van der Waals surface area contributed by atoms with Gasteiger partial charge in [0.1, 0.15) is 22.5 Å². The van der Waals surface area contributed by atoms with Crippen LogP contribution in [-0.2, 0) is 13.0 Å². The highest BCUT2D eigenvalue weighted by Gasteiger charge is 2.23. The number of carbonyl (C=O) groups is 1. The van der Waals surface area contributed by atoms with E-state index in [0.717, 1.165) is 24.2 Å². The van der Waals surface area contributed by atoms with Crippen molar-refractivity contribution in [2.45, 2.75) is 39.3 Å². The fourth-order valence-corrected chi connectivity index (χ4v) is 4.76. The van der Waals surface area contributed by atoms with Gasteiger partial charge in [-0.1, -0.05) is 40.8 Å². The third-order valence-corrected chi connectivity index (χ3v) is 6.65. The molecule has 4 aromatic rings. The Morgan fingerprint density at radius 3 is 2.91 bits per heavy atom. The van der Waals surface area contributed by atoms with Gasteiger partial charge < -0.3 is 19.3 Å². The van der Waals surface area contributed by atoms with Crippen LogP contribution in [0.25, 0.3) is 0 Å². The van der Waals surface area contributed by atoms with E-state index in [9.17, 15) is 4.79 Å². The first kappa shape index (κ1) is 21.2. The van der Waals surface area contributed by atoms with Crippen molar-refractivity contribution in [3.05, 3.63) is 87.7 Å². The van der Waals surface area contributed by atoms with Crippen molar-refractivity contribution in [1.82, 2.24) is 15.5 Å². The van der Waals surface area contributed by atoms with Crippen LogP contribution in [0.1, 0.15) is 50.3 Å². The molecule has 1 aliphatic rings. The lowest BCUT2D eigenvalue weighted by Crippen LogP contribution is -2.22. The second-order valence-corrected chi connectivity index (χ2v) is 8.89. The third-order valence-electron chi connectivity index (χ3n) is 5.62. The summed E-state index contributed by atoms with van der Waals surface area (Å²) >= 11 is 1.21. The minimum Gasteiger partial charge on any atom is -0.485 e. The SMILES string of the molecule is Cc1ccccc1C1CCc2cc(Oc3nc(C)c(C(=O)NCc4ccno4)s3)ccc2O1. The summed E-state index contributed by atoms with van der Waals surface area (Å²) in [6.07, 6.45) is 3.41. The fourth-order valence-electron chi connectivity index (χ4n) is 3.90. The summed E-state index contributed by atoms with van der Waals surface area (Å²) in [5.74, 6) is 1.92. The maximum atomic E-state index is 12.5. The predicted molar refractivity (Wildman–Crippen MR) is 124 cm³/mol. The average Bonchev–Trinajstić information content (AvgIpc) is 3.47. The molecule has 2 aromatic heterocycles. The topological polar surface area (TPSA) is 86.5 Å². The molecule has 0 saturated carbocycles. The number of nitrogens with one attached hydrogen (secondary N) is 1. The number of ether oxygens (including phenoxy) is 2. The van der Waals surface area contributed by atoms with Gasteiger partial charge in [0.05, 0.1) is 18.4 Å². The van der Waals surface area contributed by atoms with E-state index in [1.807, 2.05) is 24.3 Å². The Kier molecular flexibility index (Phi) is 5.83. The number of carbonyl (C=O) groups excluding carboxylic acids is 1. The molecule has 8 heteroatoms. The maximum Gasteiger partial charge on any atom is 0.279 e. The number of amides is 1. The molecule has 1 amide bonds.